The fraction of sp³-hybridized carbons (Fsp3) is 0.433. The maximum Gasteiger partial charge on any atom is 0.410 e. The second-order valence-corrected chi connectivity index (χ2v) is 12.2. The molecule has 0 aliphatic carbocycles. The van der Waals surface area contributed by atoms with E-state index in [1.165, 1.54) is 27.7 Å². The fourth-order valence-corrected chi connectivity index (χ4v) is 5.49. The minimum Gasteiger partial charge on any atom is -0.444 e. The van der Waals surface area contributed by atoms with Gasteiger partial charge in [-0.2, -0.15) is 5.10 Å². The van der Waals surface area contributed by atoms with Crippen molar-refractivity contribution in [3.05, 3.63) is 85.5 Å². The number of fused-ring (bicyclic) bond motifs is 1. The van der Waals surface area contributed by atoms with Crippen molar-refractivity contribution in [1.82, 2.24) is 28.6 Å². The highest BCUT2D eigenvalue weighted by Crippen LogP contribution is 2.33. The molecule has 1 amide bonds. The van der Waals surface area contributed by atoms with Gasteiger partial charge in [0.25, 0.3) is 5.56 Å². The summed E-state index contributed by atoms with van der Waals surface area (Å²) in [5.41, 5.74) is 3.46. The van der Waals surface area contributed by atoms with Gasteiger partial charge in [0.1, 0.15) is 11.9 Å². The van der Waals surface area contributed by atoms with Crippen molar-refractivity contribution in [2.24, 2.45) is 7.05 Å². The molecule has 222 valence electrons. The summed E-state index contributed by atoms with van der Waals surface area (Å²) < 4.78 is 16.0. The van der Waals surface area contributed by atoms with E-state index >= 15 is 0 Å². The average molecular weight is 595 g/mol. The van der Waals surface area contributed by atoms with E-state index < -0.39 is 11.3 Å². The van der Waals surface area contributed by atoms with Crippen molar-refractivity contribution in [3.8, 4) is 11.3 Å². The standard InChI is InChI=1S/C30H35ClN6O5/c1-18-9-21(31)11-24(23(18)12-22-15-35(19(2)16-41-22)29(40)42-30(3,4)5)27-25-10-20(14-37(25)33-17-32-27)13-36-26(38)7-8-34(6)28(36)39/h7-11,14,17,19,22H,12-13,15-16H2,1-6H3/t19-,22?/m1/s1. The lowest BCUT2D eigenvalue weighted by molar-refractivity contribution is -0.0648. The monoisotopic (exact) mass is 594 g/mol. The topological polar surface area (TPSA) is 113 Å². The van der Waals surface area contributed by atoms with Crippen molar-refractivity contribution in [2.45, 2.75) is 65.3 Å². The van der Waals surface area contributed by atoms with Gasteiger partial charge in [0.2, 0.25) is 0 Å². The Balaban J connectivity index is 1.50. The van der Waals surface area contributed by atoms with Crippen LogP contribution in [0.4, 0.5) is 4.79 Å². The van der Waals surface area contributed by atoms with Gasteiger partial charge >= 0.3 is 11.8 Å². The molecule has 2 atom stereocenters. The molecule has 0 N–H and O–H groups in total. The van der Waals surface area contributed by atoms with Crippen LogP contribution in [-0.4, -0.2) is 65.6 Å². The molecule has 0 saturated carbocycles. The number of ether oxygens (including phenoxy) is 2. The van der Waals surface area contributed by atoms with E-state index in [4.69, 9.17) is 21.1 Å². The van der Waals surface area contributed by atoms with Gasteiger partial charge < -0.3 is 18.9 Å². The Kier molecular flexibility index (Phi) is 8.00. The van der Waals surface area contributed by atoms with E-state index in [0.29, 0.717) is 35.8 Å². The summed E-state index contributed by atoms with van der Waals surface area (Å²) in [5, 5.41) is 4.93. The zero-order valence-electron chi connectivity index (χ0n) is 24.6. The van der Waals surface area contributed by atoms with Crippen LogP contribution >= 0.6 is 11.6 Å². The third kappa shape index (κ3) is 6.12. The third-order valence-electron chi connectivity index (χ3n) is 7.30. The zero-order valence-corrected chi connectivity index (χ0v) is 25.4. The number of carbonyl (C=O) groups is 1. The first-order valence-electron chi connectivity index (χ1n) is 13.8. The Bertz CT molecular complexity index is 1770. The van der Waals surface area contributed by atoms with Crippen LogP contribution in [0.5, 0.6) is 0 Å². The largest absolute Gasteiger partial charge is 0.444 e. The number of hydrogen-bond donors (Lipinski definition) is 0. The number of morpholine rings is 1. The van der Waals surface area contributed by atoms with Crippen molar-refractivity contribution >= 4 is 23.2 Å². The van der Waals surface area contributed by atoms with E-state index in [1.807, 2.05) is 52.8 Å². The number of hydrogen-bond acceptors (Lipinski definition) is 7. The van der Waals surface area contributed by atoms with Crippen LogP contribution in [0.1, 0.15) is 44.4 Å². The first-order valence-corrected chi connectivity index (χ1v) is 14.2. The number of benzene rings is 1. The van der Waals surface area contributed by atoms with Crippen LogP contribution in [-0.2, 0) is 29.5 Å². The smallest absolute Gasteiger partial charge is 0.410 e. The minimum absolute atomic E-state index is 0.0885. The van der Waals surface area contributed by atoms with Crippen molar-refractivity contribution in [3.63, 3.8) is 0 Å². The third-order valence-corrected chi connectivity index (χ3v) is 7.52. The van der Waals surface area contributed by atoms with Crippen LogP contribution in [0.2, 0.25) is 5.02 Å². The van der Waals surface area contributed by atoms with E-state index in [9.17, 15) is 14.4 Å². The summed E-state index contributed by atoms with van der Waals surface area (Å²) in [6.45, 7) is 10.3. The maximum absolute atomic E-state index is 12.9. The Morgan fingerprint density at radius 3 is 2.71 bits per heavy atom. The van der Waals surface area contributed by atoms with Crippen molar-refractivity contribution in [2.75, 3.05) is 13.2 Å². The van der Waals surface area contributed by atoms with Crippen LogP contribution in [0, 0.1) is 6.92 Å². The number of carbonyl (C=O) groups excluding carboxylic acids is 1. The van der Waals surface area contributed by atoms with Gasteiger partial charge in [-0.05, 0) is 69.5 Å². The van der Waals surface area contributed by atoms with Gasteiger partial charge in [-0.15, -0.1) is 0 Å². The fourth-order valence-electron chi connectivity index (χ4n) is 5.22. The molecule has 4 aromatic rings. The molecule has 1 aromatic carbocycles. The van der Waals surface area contributed by atoms with E-state index in [-0.39, 0.29) is 30.3 Å². The highest BCUT2D eigenvalue weighted by atomic mass is 35.5. The van der Waals surface area contributed by atoms with Gasteiger partial charge in [0, 0.05) is 42.5 Å². The normalized spacial score (nSPS) is 17.5. The molecule has 1 fully saturated rings. The molecule has 0 bridgehead atoms. The summed E-state index contributed by atoms with van der Waals surface area (Å²) in [4.78, 5) is 44.3. The summed E-state index contributed by atoms with van der Waals surface area (Å²) in [6, 6.07) is 6.89. The van der Waals surface area contributed by atoms with Crippen molar-refractivity contribution < 1.29 is 14.3 Å². The molecule has 0 radical (unpaired) electrons. The molecule has 3 aromatic heterocycles. The molecule has 1 unspecified atom stereocenters. The number of aromatic nitrogens is 5. The minimum atomic E-state index is -0.597. The Morgan fingerprint density at radius 1 is 1.21 bits per heavy atom. The zero-order chi connectivity index (χ0) is 30.3. The molecule has 4 heterocycles. The molecule has 42 heavy (non-hydrogen) atoms. The second-order valence-electron chi connectivity index (χ2n) is 11.8. The van der Waals surface area contributed by atoms with Gasteiger partial charge in [-0.1, -0.05) is 11.6 Å². The molecule has 1 saturated heterocycles. The maximum atomic E-state index is 12.9. The number of halogens is 1. The van der Waals surface area contributed by atoms with Crippen LogP contribution in [0.3, 0.4) is 0 Å². The first-order chi connectivity index (χ1) is 19.8. The molecular weight excluding hydrogens is 560 g/mol. The number of aryl methyl sites for hydroxylation is 2. The molecule has 1 aliphatic heterocycles. The highest BCUT2D eigenvalue weighted by molar-refractivity contribution is 6.31. The average Bonchev–Trinajstić information content (AvgIpc) is 3.33. The summed E-state index contributed by atoms with van der Waals surface area (Å²) in [7, 11) is 1.60. The van der Waals surface area contributed by atoms with Gasteiger partial charge in [-0.3, -0.25) is 9.36 Å². The first kappa shape index (κ1) is 29.5. The Morgan fingerprint density at radius 2 is 1.98 bits per heavy atom. The summed E-state index contributed by atoms with van der Waals surface area (Å²) in [5.74, 6) is 0. The lowest BCUT2D eigenvalue weighted by Crippen LogP contribution is -2.52. The van der Waals surface area contributed by atoms with Crippen LogP contribution in [0.25, 0.3) is 16.8 Å². The molecular formula is C30H35ClN6O5. The lowest BCUT2D eigenvalue weighted by Gasteiger charge is -2.39. The van der Waals surface area contributed by atoms with Crippen LogP contribution in [0.15, 0.2) is 52.6 Å². The predicted octanol–water partition coefficient (Wildman–Crippen LogP) is 3.83. The van der Waals surface area contributed by atoms with Crippen molar-refractivity contribution in [1.29, 1.82) is 0 Å². The Labute approximate surface area is 248 Å². The lowest BCUT2D eigenvalue weighted by atomic mass is 9.93. The second kappa shape index (κ2) is 11.4. The predicted molar refractivity (Wildman–Crippen MR) is 159 cm³/mol. The molecule has 1 aliphatic rings. The number of rotatable bonds is 5. The Hall–Kier alpha value is -3.96. The quantitative estimate of drug-likeness (QED) is 0.345. The van der Waals surface area contributed by atoms with Gasteiger partial charge in [-0.25, -0.2) is 19.1 Å². The number of nitrogens with zero attached hydrogens (tertiary/aromatic N) is 6. The van der Waals surface area contributed by atoms with Gasteiger partial charge in [0.05, 0.1) is 43.1 Å². The molecule has 11 nitrogen and oxygen atoms in total. The van der Waals surface area contributed by atoms with E-state index in [2.05, 4.69) is 10.1 Å². The molecule has 12 heteroatoms. The number of amides is 1. The van der Waals surface area contributed by atoms with E-state index in [0.717, 1.165) is 22.3 Å². The molecule has 5 rings (SSSR count). The SMILES string of the molecule is Cc1cc(Cl)cc(-c2ncnn3cc(Cn4c(=O)ccn(C)c4=O)cc23)c1CC1CN(C(=O)OC(C)(C)C)[C@H](C)CO1. The summed E-state index contributed by atoms with van der Waals surface area (Å²) in [6.07, 6.45) is 4.58. The highest BCUT2D eigenvalue weighted by Gasteiger charge is 2.33. The molecule has 0 spiro atoms. The summed E-state index contributed by atoms with van der Waals surface area (Å²) >= 11 is 6.55. The van der Waals surface area contributed by atoms with Gasteiger partial charge in [0.15, 0.2) is 0 Å². The van der Waals surface area contributed by atoms with E-state index in [1.54, 1.807) is 22.7 Å². The van der Waals surface area contributed by atoms with Crippen LogP contribution < -0.4 is 11.2 Å².